The molecule has 29 heavy (non-hydrogen) atoms. The Kier molecular flexibility index (Phi) is 7.17. The lowest BCUT2D eigenvalue weighted by Gasteiger charge is -2.20. The number of halogens is 3. The lowest BCUT2D eigenvalue weighted by atomic mass is 10.0. The van der Waals surface area contributed by atoms with E-state index >= 15 is 0 Å². The van der Waals surface area contributed by atoms with Crippen molar-refractivity contribution in [3.8, 4) is 0 Å². The predicted molar refractivity (Wildman–Crippen MR) is 113 cm³/mol. The molecule has 2 aromatic carbocycles. The molecule has 5 nitrogen and oxygen atoms in total. The van der Waals surface area contributed by atoms with Crippen molar-refractivity contribution in [2.45, 2.75) is 18.9 Å². The van der Waals surface area contributed by atoms with E-state index in [1.165, 1.54) is 4.90 Å². The maximum Gasteiger partial charge on any atom is 0.312 e. The normalized spacial score (nSPS) is 17.3. The third kappa shape index (κ3) is 5.10. The van der Waals surface area contributed by atoms with Crippen molar-refractivity contribution in [1.29, 1.82) is 0 Å². The van der Waals surface area contributed by atoms with Crippen LogP contribution >= 0.6 is 34.8 Å². The number of anilines is 1. The van der Waals surface area contributed by atoms with Gasteiger partial charge in [-0.2, -0.15) is 0 Å². The number of ether oxygens (including phenoxy) is 1. The van der Waals surface area contributed by atoms with Crippen LogP contribution in [0.15, 0.2) is 48.5 Å². The van der Waals surface area contributed by atoms with Crippen molar-refractivity contribution >= 4 is 58.1 Å². The van der Waals surface area contributed by atoms with E-state index in [1.807, 2.05) is 0 Å². The van der Waals surface area contributed by atoms with E-state index < -0.39 is 18.0 Å². The number of carbonyl (C=O) groups excluding carboxylic acids is 3. The van der Waals surface area contributed by atoms with Crippen LogP contribution in [0.5, 0.6) is 0 Å². The van der Waals surface area contributed by atoms with Crippen molar-refractivity contribution in [3.63, 3.8) is 0 Å². The summed E-state index contributed by atoms with van der Waals surface area (Å²) < 4.78 is 5.47. The van der Waals surface area contributed by atoms with E-state index in [2.05, 4.69) is 0 Å². The summed E-state index contributed by atoms with van der Waals surface area (Å²) in [5, 5.41) is 0.921. The number of hydrogen-bond acceptors (Lipinski definition) is 4. The lowest BCUT2D eigenvalue weighted by molar-refractivity contribution is -0.151. The van der Waals surface area contributed by atoms with Crippen molar-refractivity contribution in [2.24, 2.45) is 5.92 Å². The maximum atomic E-state index is 12.7. The van der Waals surface area contributed by atoms with Gasteiger partial charge >= 0.3 is 5.97 Å². The molecule has 0 aromatic heterocycles. The Balaban J connectivity index is 1.70. The average molecular weight is 455 g/mol. The van der Waals surface area contributed by atoms with Crippen LogP contribution in [0.1, 0.15) is 23.2 Å². The number of rotatable bonds is 7. The van der Waals surface area contributed by atoms with Crippen LogP contribution in [0.4, 0.5) is 5.69 Å². The van der Waals surface area contributed by atoms with Gasteiger partial charge in [0.1, 0.15) is 0 Å². The van der Waals surface area contributed by atoms with Crippen molar-refractivity contribution in [2.75, 3.05) is 17.3 Å². The quantitative estimate of drug-likeness (QED) is 0.343. The molecule has 1 fully saturated rings. The highest BCUT2D eigenvalue weighted by atomic mass is 35.5. The van der Waals surface area contributed by atoms with Crippen LogP contribution in [0.3, 0.4) is 0 Å². The second kappa shape index (κ2) is 9.61. The maximum absolute atomic E-state index is 12.7. The second-order valence-corrected chi connectivity index (χ2v) is 7.85. The summed E-state index contributed by atoms with van der Waals surface area (Å²) in [4.78, 5) is 39.3. The monoisotopic (exact) mass is 453 g/mol. The first kappa shape index (κ1) is 21.6. The minimum absolute atomic E-state index is 0.00716. The summed E-state index contributed by atoms with van der Waals surface area (Å²) in [5.74, 6) is -1.73. The van der Waals surface area contributed by atoms with Gasteiger partial charge in [0.05, 0.1) is 16.6 Å². The number of Topliss-reactive ketones (excluding diaryl/α,β-unsaturated/α-hetero) is 1. The van der Waals surface area contributed by atoms with Gasteiger partial charge in [-0.25, -0.2) is 0 Å². The highest BCUT2D eigenvalue weighted by Gasteiger charge is 2.38. The molecule has 0 N–H and O–H groups in total. The number of esters is 1. The molecule has 0 bridgehead atoms. The zero-order valence-corrected chi connectivity index (χ0v) is 17.6. The molecular weight excluding hydrogens is 437 g/mol. The highest BCUT2D eigenvalue weighted by molar-refractivity contribution is 6.34. The Morgan fingerprint density at radius 3 is 2.45 bits per heavy atom. The number of ketones is 1. The van der Waals surface area contributed by atoms with Crippen LogP contribution < -0.4 is 4.90 Å². The van der Waals surface area contributed by atoms with Gasteiger partial charge in [-0.05, 0) is 36.4 Å². The Bertz CT molecular complexity index is 916. The second-order valence-electron chi connectivity index (χ2n) is 6.63. The highest BCUT2D eigenvalue weighted by Crippen LogP contribution is 2.31. The van der Waals surface area contributed by atoms with E-state index in [0.717, 1.165) is 0 Å². The summed E-state index contributed by atoms with van der Waals surface area (Å²) in [6.45, 7) is 0.143. The summed E-state index contributed by atoms with van der Waals surface area (Å²) in [7, 11) is 0. The van der Waals surface area contributed by atoms with E-state index in [-0.39, 0.29) is 37.0 Å². The van der Waals surface area contributed by atoms with E-state index in [0.29, 0.717) is 21.3 Å². The topological polar surface area (TPSA) is 63.7 Å². The van der Waals surface area contributed by atoms with Gasteiger partial charge in [0.2, 0.25) is 11.7 Å². The van der Waals surface area contributed by atoms with Gasteiger partial charge in [-0.3, -0.25) is 14.4 Å². The molecule has 3 rings (SSSR count). The van der Waals surface area contributed by atoms with Gasteiger partial charge < -0.3 is 9.64 Å². The van der Waals surface area contributed by atoms with Gasteiger partial charge in [-0.15, -0.1) is 11.6 Å². The fourth-order valence-corrected chi connectivity index (χ4v) is 3.71. The summed E-state index contributed by atoms with van der Waals surface area (Å²) in [6, 6.07) is 13.2. The molecule has 1 saturated heterocycles. The SMILES string of the molecule is O=C(O[C@@H](CCCl)C(=O)c1ccc(Cl)cc1)[C@@H]1CC(=O)N(c2ccccc2Cl)C1. The van der Waals surface area contributed by atoms with E-state index in [1.54, 1.807) is 48.5 Å². The molecule has 2 aromatic rings. The average Bonchev–Trinajstić information content (AvgIpc) is 3.09. The number of carbonyl (C=O) groups is 3. The minimum atomic E-state index is -1.02. The van der Waals surface area contributed by atoms with Crippen LogP contribution in [0.2, 0.25) is 10.0 Å². The Morgan fingerprint density at radius 2 is 1.79 bits per heavy atom. The van der Waals surface area contributed by atoms with E-state index in [9.17, 15) is 14.4 Å². The molecule has 152 valence electrons. The summed E-state index contributed by atoms with van der Waals surface area (Å²) in [6.07, 6.45) is -0.859. The molecular formula is C21H18Cl3NO4. The van der Waals surface area contributed by atoms with Gasteiger partial charge in [0.25, 0.3) is 0 Å². The summed E-state index contributed by atoms with van der Waals surface area (Å²) >= 11 is 17.8. The fourth-order valence-electron chi connectivity index (χ4n) is 3.15. The number of nitrogens with zero attached hydrogens (tertiary/aromatic N) is 1. The third-order valence-electron chi connectivity index (χ3n) is 4.65. The van der Waals surface area contributed by atoms with Gasteiger partial charge in [0.15, 0.2) is 6.10 Å². The largest absolute Gasteiger partial charge is 0.454 e. The molecule has 1 aliphatic rings. The summed E-state index contributed by atoms with van der Waals surface area (Å²) in [5.41, 5.74) is 0.918. The zero-order chi connectivity index (χ0) is 21.0. The zero-order valence-electron chi connectivity index (χ0n) is 15.3. The smallest absolute Gasteiger partial charge is 0.312 e. The van der Waals surface area contributed by atoms with Crippen molar-refractivity contribution in [1.82, 2.24) is 0 Å². The number of amides is 1. The van der Waals surface area contributed by atoms with Crippen LogP contribution in [-0.2, 0) is 14.3 Å². The first-order valence-electron chi connectivity index (χ1n) is 9.02. The van der Waals surface area contributed by atoms with Gasteiger partial charge in [-0.1, -0.05) is 35.3 Å². The molecule has 0 unspecified atom stereocenters. The predicted octanol–water partition coefficient (Wildman–Crippen LogP) is 4.77. The Hall–Kier alpha value is -2.08. The van der Waals surface area contributed by atoms with Crippen molar-refractivity contribution < 1.29 is 19.1 Å². The third-order valence-corrected chi connectivity index (χ3v) is 5.44. The minimum Gasteiger partial charge on any atom is -0.454 e. The van der Waals surface area contributed by atoms with Crippen LogP contribution in [-0.4, -0.2) is 36.2 Å². The molecule has 1 aliphatic heterocycles. The molecule has 0 radical (unpaired) electrons. The Labute approximate surface area is 183 Å². The number of para-hydroxylation sites is 1. The molecule has 0 aliphatic carbocycles. The molecule has 1 amide bonds. The standard InChI is InChI=1S/C21H18Cl3NO4/c22-10-9-18(20(27)13-5-7-15(23)8-6-13)29-21(28)14-11-19(26)25(12-14)17-4-2-1-3-16(17)24/h1-8,14,18H,9-12H2/t14-,18+/m1/s1. The van der Waals surface area contributed by atoms with Gasteiger partial charge in [0, 0.05) is 35.9 Å². The number of alkyl halides is 1. The first-order valence-corrected chi connectivity index (χ1v) is 10.3. The van der Waals surface area contributed by atoms with E-state index in [4.69, 9.17) is 39.5 Å². The van der Waals surface area contributed by atoms with Crippen LogP contribution in [0.25, 0.3) is 0 Å². The molecule has 1 heterocycles. The van der Waals surface area contributed by atoms with Crippen molar-refractivity contribution in [3.05, 3.63) is 64.1 Å². The number of benzene rings is 2. The molecule has 2 atom stereocenters. The molecule has 0 spiro atoms. The molecule has 0 saturated carbocycles. The number of hydrogen-bond donors (Lipinski definition) is 0. The molecule has 8 heteroatoms. The first-order chi connectivity index (χ1) is 13.9. The van der Waals surface area contributed by atoms with Crippen LogP contribution in [0, 0.1) is 5.92 Å². The fraction of sp³-hybridized carbons (Fsp3) is 0.286. The Morgan fingerprint density at radius 1 is 1.10 bits per heavy atom. The lowest BCUT2D eigenvalue weighted by Crippen LogP contribution is -2.32.